The normalized spacial score (nSPS) is 16.1. The van der Waals surface area contributed by atoms with Gasteiger partial charge in [-0.1, -0.05) is 52.2 Å². The molecule has 3 heteroatoms. The average Bonchev–Trinajstić information content (AvgIpc) is 2.59. The number of ether oxygens (including phenoxy) is 2. The van der Waals surface area contributed by atoms with E-state index in [1.165, 1.54) is 49.8 Å². The zero-order chi connectivity index (χ0) is 18.0. The van der Waals surface area contributed by atoms with E-state index in [1.54, 1.807) is 0 Å². The second kappa shape index (κ2) is 11.1. The van der Waals surface area contributed by atoms with Crippen LogP contribution in [0.5, 0.6) is 5.75 Å². The van der Waals surface area contributed by atoms with Crippen LogP contribution in [0, 0.1) is 0 Å². The van der Waals surface area contributed by atoms with Crippen LogP contribution in [0.3, 0.4) is 0 Å². The first-order chi connectivity index (χ1) is 12.0. The Morgan fingerprint density at radius 1 is 0.960 bits per heavy atom. The van der Waals surface area contributed by atoms with Crippen LogP contribution in [0.1, 0.15) is 71.3 Å². The minimum atomic E-state index is 0.330. The van der Waals surface area contributed by atoms with Crippen molar-refractivity contribution in [1.29, 1.82) is 0 Å². The second-order valence-corrected chi connectivity index (χ2v) is 9.97. The molecule has 0 aliphatic carbocycles. The van der Waals surface area contributed by atoms with Gasteiger partial charge in [-0.2, -0.15) is 11.8 Å². The Labute approximate surface area is 159 Å². The molecule has 0 spiro atoms. The van der Waals surface area contributed by atoms with Crippen LogP contribution in [0.2, 0.25) is 0 Å². The summed E-state index contributed by atoms with van der Waals surface area (Å²) in [6.45, 7) is 8.57. The van der Waals surface area contributed by atoms with E-state index in [4.69, 9.17) is 9.47 Å². The van der Waals surface area contributed by atoms with Crippen LogP contribution in [-0.4, -0.2) is 29.8 Å². The van der Waals surface area contributed by atoms with Gasteiger partial charge in [-0.15, -0.1) is 0 Å². The summed E-state index contributed by atoms with van der Waals surface area (Å²) in [4.78, 5) is 0. The first-order valence-corrected chi connectivity index (χ1v) is 11.0. The monoisotopic (exact) mass is 364 g/mol. The molecule has 0 radical (unpaired) electrons. The van der Waals surface area contributed by atoms with E-state index < -0.39 is 0 Å². The van der Waals surface area contributed by atoms with E-state index in [0.717, 1.165) is 31.8 Å². The maximum atomic E-state index is 6.03. The van der Waals surface area contributed by atoms with E-state index >= 15 is 0 Å². The zero-order valence-corrected chi connectivity index (χ0v) is 17.2. The van der Waals surface area contributed by atoms with Gasteiger partial charge in [0, 0.05) is 17.6 Å². The van der Waals surface area contributed by atoms with Crippen LogP contribution < -0.4 is 4.74 Å². The van der Waals surface area contributed by atoms with Gasteiger partial charge in [-0.05, 0) is 42.7 Å². The van der Waals surface area contributed by atoms with Crippen molar-refractivity contribution < 1.29 is 9.47 Å². The number of hydrogen-bond acceptors (Lipinski definition) is 3. The van der Waals surface area contributed by atoms with Crippen LogP contribution >= 0.6 is 11.8 Å². The maximum absolute atomic E-state index is 6.03. The smallest absolute Gasteiger partial charge is 0.119 e. The van der Waals surface area contributed by atoms with Gasteiger partial charge in [0.1, 0.15) is 11.9 Å². The van der Waals surface area contributed by atoms with Crippen LogP contribution in [0.15, 0.2) is 24.3 Å². The topological polar surface area (TPSA) is 18.5 Å². The van der Waals surface area contributed by atoms with Gasteiger partial charge in [0.2, 0.25) is 0 Å². The number of rotatable bonds is 10. The molecule has 0 bridgehead atoms. The third-order valence-corrected chi connectivity index (χ3v) is 5.90. The maximum Gasteiger partial charge on any atom is 0.119 e. The Bertz CT molecular complexity index is 458. The lowest BCUT2D eigenvalue weighted by atomic mass is 10.1. The molecular weight excluding hydrogens is 328 g/mol. The molecule has 1 saturated heterocycles. The van der Waals surface area contributed by atoms with E-state index in [-0.39, 0.29) is 0 Å². The molecule has 142 valence electrons. The summed E-state index contributed by atoms with van der Waals surface area (Å²) < 4.78 is 11.8. The molecule has 25 heavy (non-hydrogen) atoms. The van der Waals surface area contributed by atoms with Gasteiger partial charge in [0.05, 0.1) is 13.2 Å². The molecular formula is C22H36O2S. The summed E-state index contributed by atoms with van der Waals surface area (Å²) in [5.41, 5.74) is 1.43. The molecule has 1 aromatic carbocycles. The molecule has 2 rings (SSSR count). The van der Waals surface area contributed by atoms with Gasteiger partial charge in [0.25, 0.3) is 0 Å². The fourth-order valence-corrected chi connectivity index (χ4v) is 4.02. The van der Waals surface area contributed by atoms with Crippen LogP contribution in [0.4, 0.5) is 0 Å². The molecule has 0 aromatic heterocycles. The highest BCUT2D eigenvalue weighted by Gasteiger charge is 2.15. The van der Waals surface area contributed by atoms with Crippen molar-refractivity contribution in [3.8, 4) is 5.75 Å². The Kier molecular flexibility index (Phi) is 9.19. The summed E-state index contributed by atoms with van der Waals surface area (Å²) >= 11 is 2.09. The first kappa shape index (κ1) is 20.6. The Morgan fingerprint density at radius 3 is 2.28 bits per heavy atom. The average molecular weight is 365 g/mol. The summed E-state index contributed by atoms with van der Waals surface area (Å²) in [6.07, 6.45) is 10.3. The van der Waals surface area contributed by atoms with Crippen molar-refractivity contribution in [3.63, 3.8) is 0 Å². The predicted molar refractivity (Wildman–Crippen MR) is 110 cm³/mol. The summed E-state index contributed by atoms with van der Waals surface area (Å²) in [7, 11) is 0. The molecule has 0 atom stereocenters. The van der Waals surface area contributed by atoms with E-state index in [1.807, 2.05) is 0 Å². The molecule has 1 aliphatic heterocycles. The number of thioether (sulfide) groups is 1. The lowest BCUT2D eigenvalue weighted by Gasteiger charge is -2.23. The molecule has 1 heterocycles. The quantitative estimate of drug-likeness (QED) is 0.456. The molecule has 1 aliphatic rings. The molecule has 0 amide bonds. The number of aryl methyl sites for hydroxylation is 1. The van der Waals surface area contributed by atoms with Gasteiger partial charge in [0.15, 0.2) is 0 Å². The van der Waals surface area contributed by atoms with Crippen molar-refractivity contribution in [2.24, 2.45) is 0 Å². The molecule has 0 unspecified atom stereocenters. The summed E-state index contributed by atoms with van der Waals surface area (Å²) in [6, 6.07) is 8.73. The van der Waals surface area contributed by atoms with Gasteiger partial charge in [-0.25, -0.2) is 0 Å². The third-order valence-electron chi connectivity index (χ3n) is 4.54. The molecule has 1 aromatic rings. The van der Waals surface area contributed by atoms with Gasteiger partial charge >= 0.3 is 0 Å². The van der Waals surface area contributed by atoms with Crippen molar-refractivity contribution in [2.75, 3.05) is 19.0 Å². The first-order valence-electron chi connectivity index (χ1n) is 10.0. The molecule has 0 saturated carbocycles. The highest BCUT2D eigenvalue weighted by molar-refractivity contribution is 8.00. The third kappa shape index (κ3) is 9.55. The van der Waals surface area contributed by atoms with Gasteiger partial charge < -0.3 is 9.47 Å². The SMILES string of the molecule is CC(C)(C)SCCCCCCCc1ccc(OC2CCOCC2)cc1. The number of hydrogen-bond donors (Lipinski definition) is 0. The lowest BCUT2D eigenvalue weighted by Crippen LogP contribution is -2.25. The standard InChI is InChI=1S/C22H36O2S/c1-22(2,3)25-18-8-6-4-5-7-9-19-10-12-20(13-11-19)24-21-14-16-23-17-15-21/h10-13,21H,4-9,14-18H2,1-3H3. The Hall–Kier alpha value is -0.670. The van der Waals surface area contributed by atoms with Crippen molar-refractivity contribution >= 4 is 11.8 Å². The summed E-state index contributed by atoms with van der Waals surface area (Å²) in [5.74, 6) is 2.31. The van der Waals surface area contributed by atoms with Gasteiger partial charge in [-0.3, -0.25) is 0 Å². The Balaban J connectivity index is 1.52. The minimum Gasteiger partial charge on any atom is -0.490 e. The highest BCUT2D eigenvalue weighted by Crippen LogP contribution is 2.24. The van der Waals surface area contributed by atoms with Crippen molar-refractivity contribution in [1.82, 2.24) is 0 Å². The number of benzene rings is 1. The fourth-order valence-electron chi connectivity index (χ4n) is 3.06. The lowest BCUT2D eigenvalue weighted by molar-refractivity contribution is 0.0255. The van der Waals surface area contributed by atoms with Crippen molar-refractivity contribution in [2.45, 2.75) is 83.0 Å². The second-order valence-electron chi connectivity index (χ2n) is 8.05. The highest BCUT2D eigenvalue weighted by atomic mass is 32.2. The predicted octanol–water partition coefficient (Wildman–Crippen LogP) is 6.27. The minimum absolute atomic E-state index is 0.330. The van der Waals surface area contributed by atoms with Crippen LogP contribution in [-0.2, 0) is 11.2 Å². The van der Waals surface area contributed by atoms with Crippen LogP contribution in [0.25, 0.3) is 0 Å². The van der Waals surface area contributed by atoms with E-state index in [9.17, 15) is 0 Å². The van der Waals surface area contributed by atoms with E-state index in [2.05, 4.69) is 56.8 Å². The van der Waals surface area contributed by atoms with Crippen molar-refractivity contribution in [3.05, 3.63) is 29.8 Å². The molecule has 2 nitrogen and oxygen atoms in total. The van der Waals surface area contributed by atoms with E-state index in [0.29, 0.717) is 10.9 Å². The number of unbranched alkanes of at least 4 members (excludes halogenated alkanes) is 4. The largest absolute Gasteiger partial charge is 0.490 e. The zero-order valence-electron chi connectivity index (χ0n) is 16.4. The fraction of sp³-hybridized carbons (Fsp3) is 0.727. The summed E-state index contributed by atoms with van der Waals surface area (Å²) in [5, 5.41) is 0. The Morgan fingerprint density at radius 2 is 1.60 bits per heavy atom. The molecule has 0 N–H and O–H groups in total. The molecule has 1 fully saturated rings.